The molecule has 16 nitrogen and oxygen atoms in total. The SMILES string of the molecule is Cc1nc(-c2ccc(C(C)(C)C)cc2)nc(C)c1C(=O)CC(CCN)C(=O)N(C)C1C(=O)CC(C)C(=O)NC(C(=O)CCC(=N)C(C)C)Cc2cc(OCCN)c(O)c(c2)-c2cc1ccc2OCCN. The molecule has 0 fully saturated rings. The molecule has 4 bridgehead atoms. The van der Waals surface area contributed by atoms with Gasteiger partial charge in [-0.3, -0.25) is 24.0 Å². The van der Waals surface area contributed by atoms with E-state index in [1.165, 1.54) is 11.9 Å². The third-order valence-corrected chi connectivity index (χ3v) is 12.8. The first kappa shape index (κ1) is 54.6. The van der Waals surface area contributed by atoms with Gasteiger partial charge in [0.15, 0.2) is 34.7 Å². The second kappa shape index (κ2) is 24.0. The number of aryl methyl sites for hydroxylation is 2. The van der Waals surface area contributed by atoms with Crippen molar-refractivity contribution in [3.63, 3.8) is 0 Å². The van der Waals surface area contributed by atoms with Crippen LogP contribution in [-0.4, -0.2) is 101 Å². The Hall–Kier alpha value is -6.36. The third kappa shape index (κ3) is 13.3. The molecule has 1 aromatic heterocycles. The summed E-state index contributed by atoms with van der Waals surface area (Å²) in [6.07, 6.45) is -0.291. The molecular formula is C54H72N8O8. The fourth-order valence-electron chi connectivity index (χ4n) is 8.76. The summed E-state index contributed by atoms with van der Waals surface area (Å²) in [7, 11) is 1.48. The number of aromatic nitrogens is 2. The highest BCUT2D eigenvalue weighted by Crippen LogP contribution is 2.44. The molecule has 4 aromatic rings. The highest BCUT2D eigenvalue weighted by atomic mass is 16.5. The zero-order valence-electron chi connectivity index (χ0n) is 42.2. The molecule has 3 aromatic carbocycles. The van der Waals surface area contributed by atoms with Crippen molar-refractivity contribution >= 4 is 34.9 Å². The minimum atomic E-state index is -1.31. The summed E-state index contributed by atoms with van der Waals surface area (Å²) in [6, 6.07) is 13.8. The van der Waals surface area contributed by atoms with E-state index in [0.717, 1.165) is 11.1 Å². The molecule has 2 amide bonds. The van der Waals surface area contributed by atoms with Crippen LogP contribution in [0.1, 0.15) is 118 Å². The standard InChI is InChI=1S/C54H72N8O8/c1-30(2)41(58)15-16-43(63)42-26-34-25-40(50(66)47(27-34)70-23-21-57)39-28-36(12-17-46(39)69-22-20-56)49(45(65)24-31(3)52(67)61-42)62(9)53(68)37(18-19-55)29-44(64)48-32(4)59-51(60-33(48)5)35-10-13-38(14-11-35)54(6,7)8/h10-14,17,25,27-28,30-31,37,42,49,58,66H,15-16,18-24,26,29,55-57H2,1-9H3,(H,61,67). The quantitative estimate of drug-likeness (QED) is 0.0433. The smallest absolute Gasteiger partial charge is 0.226 e. The van der Waals surface area contributed by atoms with Crippen molar-refractivity contribution in [1.29, 1.82) is 5.41 Å². The molecule has 0 saturated carbocycles. The van der Waals surface area contributed by atoms with Gasteiger partial charge in [0.25, 0.3) is 0 Å². The third-order valence-electron chi connectivity index (χ3n) is 12.8. The van der Waals surface area contributed by atoms with E-state index in [-0.39, 0.29) is 111 Å². The summed E-state index contributed by atoms with van der Waals surface area (Å²) in [5, 5.41) is 23.1. The number of carbonyl (C=O) groups is 5. The van der Waals surface area contributed by atoms with Crippen molar-refractivity contribution in [3.8, 4) is 39.8 Å². The first-order chi connectivity index (χ1) is 33.1. The number of phenolic OH excluding ortho intramolecular Hbond substituents is 1. The lowest BCUT2D eigenvalue weighted by Crippen LogP contribution is -2.46. The second-order valence-electron chi connectivity index (χ2n) is 19.7. The molecule has 0 radical (unpaired) electrons. The Morgan fingerprint density at radius 3 is 2.09 bits per heavy atom. The van der Waals surface area contributed by atoms with E-state index in [9.17, 15) is 29.1 Å². The zero-order chi connectivity index (χ0) is 51.6. The van der Waals surface area contributed by atoms with Gasteiger partial charge in [0, 0.05) is 73.6 Å². The number of hydrogen-bond acceptors (Lipinski definition) is 14. The number of ketones is 3. The summed E-state index contributed by atoms with van der Waals surface area (Å²) in [6.45, 7) is 15.7. The molecule has 4 unspecified atom stereocenters. The first-order valence-electron chi connectivity index (χ1n) is 24.1. The fraction of sp³-hybridized carbons (Fsp3) is 0.481. The normalized spacial score (nSPS) is 16.8. The Bertz CT molecular complexity index is 2550. The van der Waals surface area contributed by atoms with E-state index in [0.29, 0.717) is 50.9 Å². The molecule has 1 aliphatic rings. The number of amides is 2. The summed E-state index contributed by atoms with van der Waals surface area (Å²) < 4.78 is 12.0. The van der Waals surface area contributed by atoms with Gasteiger partial charge < -0.3 is 47.4 Å². The van der Waals surface area contributed by atoms with Crippen molar-refractivity contribution in [3.05, 3.63) is 88.2 Å². The monoisotopic (exact) mass is 961 g/mol. The van der Waals surface area contributed by atoms with Gasteiger partial charge >= 0.3 is 0 Å². The van der Waals surface area contributed by atoms with E-state index in [4.69, 9.17) is 42.1 Å². The van der Waals surface area contributed by atoms with E-state index in [2.05, 4.69) is 26.1 Å². The van der Waals surface area contributed by atoms with Crippen LogP contribution >= 0.6 is 0 Å². The van der Waals surface area contributed by atoms with Gasteiger partial charge in [-0.1, -0.05) is 71.9 Å². The Balaban J connectivity index is 1.58. The molecule has 0 spiro atoms. The topological polar surface area (TPSA) is 267 Å². The Labute approximate surface area is 412 Å². The molecule has 1 aliphatic heterocycles. The van der Waals surface area contributed by atoms with Gasteiger partial charge in [0.05, 0.1) is 23.0 Å². The van der Waals surface area contributed by atoms with Crippen molar-refractivity contribution in [2.75, 3.05) is 39.9 Å². The molecular weight excluding hydrogens is 889 g/mol. The lowest BCUT2D eigenvalue weighted by atomic mass is 9.86. The van der Waals surface area contributed by atoms with Crippen molar-refractivity contribution in [2.24, 2.45) is 35.0 Å². The number of fused-ring (bicyclic) bond motifs is 5. The van der Waals surface area contributed by atoms with Gasteiger partial charge in [0.2, 0.25) is 11.8 Å². The molecule has 376 valence electrons. The second-order valence-corrected chi connectivity index (χ2v) is 19.7. The van der Waals surface area contributed by atoms with Gasteiger partial charge in [-0.05, 0) is 91.9 Å². The van der Waals surface area contributed by atoms with Crippen LogP contribution in [0.5, 0.6) is 17.2 Å². The number of nitrogens with one attached hydrogen (secondary N) is 2. The number of ether oxygens (including phenoxy) is 2. The molecule has 70 heavy (non-hydrogen) atoms. The number of likely N-dealkylation sites (N-methyl/N-ethyl adjacent to an activating group) is 1. The summed E-state index contributed by atoms with van der Waals surface area (Å²) >= 11 is 0. The largest absolute Gasteiger partial charge is 0.504 e. The number of hydrogen-bond donors (Lipinski definition) is 6. The van der Waals surface area contributed by atoms with Crippen molar-refractivity contribution in [2.45, 2.75) is 111 Å². The lowest BCUT2D eigenvalue weighted by Gasteiger charge is -2.32. The maximum atomic E-state index is 14.9. The number of aromatic hydroxyl groups is 1. The first-order valence-corrected chi connectivity index (χ1v) is 24.1. The summed E-state index contributed by atoms with van der Waals surface area (Å²) in [5.41, 5.74) is 22.7. The minimum absolute atomic E-state index is 0.00686. The molecule has 0 aliphatic carbocycles. The van der Waals surface area contributed by atoms with Crippen LogP contribution in [0.4, 0.5) is 0 Å². The molecule has 0 saturated heterocycles. The number of Topliss-reactive ketones (excluding diaryl/α,β-unsaturated/α-hetero) is 3. The number of rotatable bonds is 19. The van der Waals surface area contributed by atoms with E-state index in [1.54, 1.807) is 51.1 Å². The van der Waals surface area contributed by atoms with E-state index < -0.39 is 41.5 Å². The van der Waals surface area contributed by atoms with Gasteiger partial charge in [0.1, 0.15) is 25.0 Å². The molecule has 4 atom stereocenters. The van der Waals surface area contributed by atoms with Crippen molar-refractivity contribution < 1.29 is 38.6 Å². The Morgan fingerprint density at radius 2 is 1.50 bits per heavy atom. The maximum absolute atomic E-state index is 14.9. The number of carbonyl (C=O) groups excluding carboxylic acids is 5. The van der Waals surface area contributed by atoms with Crippen LogP contribution in [0.3, 0.4) is 0 Å². The minimum Gasteiger partial charge on any atom is -0.504 e. The number of nitrogens with two attached hydrogens (primary N) is 3. The van der Waals surface area contributed by atoms with Gasteiger partial charge in [-0.25, -0.2) is 9.97 Å². The predicted octanol–water partition coefficient (Wildman–Crippen LogP) is 6.50. The van der Waals surface area contributed by atoms with E-state index >= 15 is 0 Å². The molecule has 16 heteroatoms. The highest BCUT2D eigenvalue weighted by Gasteiger charge is 2.37. The zero-order valence-corrected chi connectivity index (χ0v) is 42.2. The van der Waals surface area contributed by atoms with Crippen LogP contribution in [0.15, 0.2) is 54.6 Å². The number of benzene rings is 3. The van der Waals surface area contributed by atoms with Gasteiger partial charge in [-0.15, -0.1) is 0 Å². The summed E-state index contributed by atoms with van der Waals surface area (Å²) in [4.78, 5) is 82.8. The fourth-order valence-corrected chi connectivity index (χ4v) is 8.76. The molecule has 5 rings (SSSR count). The Morgan fingerprint density at radius 1 is 0.871 bits per heavy atom. The highest BCUT2D eigenvalue weighted by molar-refractivity contribution is 6.01. The predicted molar refractivity (Wildman–Crippen MR) is 271 cm³/mol. The van der Waals surface area contributed by atoms with Gasteiger partial charge in [-0.2, -0.15) is 0 Å². The average molecular weight is 961 g/mol. The van der Waals surface area contributed by atoms with Crippen LogP contribution in [0.25, 0.3) is 22.5 Å². The lowest BCUT2D eigenvalue weighted by molar-refractivity contribution is -0.142. The van der Waals surface area contributed by atoms with Crippen LogP contribution in [0.2, 0.25) is 0 Å². The Kier molecular flexibility index (Phi) is 18.7. The van der Waals surface area contributed by atoms with Crippen LogP contribution in [-0.2, 0) is 31.0 Å². The molecule has 2 heterocycles. The molecule has 9 N–H and O–H groups in total. The summed E-state index contributed by atoms with van der Waals surface area (Å²) in [5.74, 6) is -3.72. The number of nitrogens with zero attached hydrogens (tertiary/aromatic N) is 3. The number of phenols is 1. The van der Waals surface area contributed by atoms with Crippen molar-refractivity contribution in [1.82, 2.24) is 20.2 Å². The van der Waals surface area contributed by atoms with E-state index in [1.807, 2.05) is 38.1 Å². The van der Waals surface area contributed by atoms with Crippen LogP contribution < -0.4 is 32.0 Å². The van der Waals surface area contributed by atoms with Crippen LogP contribution in [0, 0.1) is 37.0 Å². The maximum Gasteiger partial charge on any atom is 0.226 e. The average Bonchev–Trinajstić information content (AvgIpc) is 3.31.